The van der Waals surface area contributed by atoms with Gasteiger partial charge in [0, 0.05) is 12.0 Å². The molecule has 0 unspecified atom stereocenters. The molecule has 1 atom stereocenters. The van der Waals surface area contributed by atoms with Gasteiger partial charge in [-0.3, -0.25) is 0 Å². The zero-order chi connectivity index (χ0) is 16.8. The number of carbonyl (C=O) groups is 1. The van der Waals surface area contributed by atoms with Crippen LogP contribution < -0.4 is 0 Å². The fraction of sp³-hybridized carbons (Fsp3) is 0.467. The van der Waals surface area contributed by atoms with Gasteiger partial charge in [-0.25, -0.2) is 14.5 Å². The van der Waals surface area contributed by atoms with E-state index in [4.69, 9.17) is 9.47 Å². The summed E-state index contributed by atoms with van der Waals surface area (Å²) in [6, 6.07) is 2.00. The van der Waals surface area contributed by atoms with E-state index in [0.29, 0.717) is 13.2 Å². The van der Waals surface area contributed by atoms with Gasteiger partial charge in [-0.1, -0.05) is 0 Å². The maximum Gasteiger partial charge on any atom is 0.342 e. The number of thiazole rings is 1. The third kappa shape index (κ3) is 3.94. The molecule has 23 heavy (non-hydrogen) atoms. The molecule has 0 bridgehead atoms. The minimum Gasteiger partial charge on any atom is -0.462 e. The van der Waals surface area contributed by atoms with Crippen LogP contribution in [0.1, 0.15) is 53.6 Å². The Bertz CT molecular complexity index is 717. The van der Waals surface area contributed by atoms with E-state index in [1.807, 2.05) is 25.3 Å². The summed E-state index contributed by atoms with van der Waals surface area (Å²) in [5, 5.41) is 16.2. The van der Waals surface area contributed by atoms with E-state index in [2.05, 4.69) is 10.1 Å². The van der Waals surface area contributed by atoms with E-state index in [1.165, 1.54) is 22.2 Å². The van der Waals surface area contributed by atoms with Crippen molar-refractivity contribution in [3.63, 3.8) is 0 Å². The lowest BCUT2D eigenvalue weighted by atomic mass is 10.2. The van der Waals surface area contributed by atoms with Crippen LogP contribution >= 0.6 is 11.3 Å². The first-order valence-corrected chi connectivity index (χ1v) is 8.17. The minimum atomic E-state index is -0.542. The topological polar surface area (TPSA) is 90.0 Å². The summed E-state index contributed by atoms with van der Waals surface area (Å²) in [6.07, 6.45) is 1.29. The molecule has 0 aromatic carbocycles. The Morgan fingerprint density at radius 2 is 2.26 bits per heavy atom. The molecule has 0 aliphatic heterocycles. The van der Waals surface area contributed by atoms with Crippen molar-refractivity contribution in [3.05, 3.63) is 33.5 Å². The van der Waals surface area contributed by atoms with Crippen LogP contribution in [0.3, 0.4) is 0 Å². The Kier molecular flexibility index (Phi) is 5.84. The quantitative estimate of drug-likeness (QED) is 0.723. The van der Waals surface area contributed by atoms with Crippen LogP contribution in [-0.4, -0.2) is 33.9 Å². The van der Waals surface area contributed by atoms with Gasteiger partial charge in [0.05, 0.1) is 25.0 Å². The van der Waals surface area contributed by atoms with E-state index >= 15 is 0 Å². The summed E-state index contributed by atoms with van der Waals surface area (Å²) in [7, 11) is 0. The average Bonchev–Trinajstić information content (AvgIpc) is 3.15. The van der Waals surface area contributed by atoms with Crippen LogP contribution in [0.5, 0.6) is 0 Å². The fourth-order valence-electron chi connectivity index (χ4n) is 2.04. The first-order chi connectivity index (χ1) is 11.1. The van der Waals surface area contributed by atoms with Gasteiger partial charge in [0.1, 0.15) is 22.7 Å². The summed E-state index contributed by atoms with van der Waals surface area (Å²) >= 11 is 1.50. The molecule has 0 aliphatic rings. The van der Waals surface area contributed by atoms with Crippen LogP contribution in [-0.2, 0) is 16.0 Å². The van der Waals surface area contributed by atoms with Gasteiger partial charge in [-0.05, 0) is 20.8 Å². The molecule has 0 N–H and O–H groups in total. The minimum absolute atomic E-state index is 0.0677. The molecule has 0 fully saturated rings. The predicted octanol–water partition coefficient (Wildman–Crippen LogP) is 2.53. The zero-order valence-corrected chi connectivity index (χ0v) is 14.1. The first kappa shape index (κ1) is 17.1. The molecule has 2 heterocycles. The van der Waals surface area contributed by atoms with Crippen molar-refractivity contribution in [3.8, 4) is 6.07 Å². The maximum absolute atomic E-state index is 11.8. The monoisotopic (exact) mass is 334 g/mol. The van der Waals surface area contributed by atoms with Gasteiger partial charge in [-0.15, -0.1) is 11.3 Å². The summed E-state index contributed by atoms with van der Waals surface area (Å²) in [6.45, 7) is 6.78. The molecule has 0 spiro atoms. The standard InChI is InChI=1S/C15H18N4O3S/c1-4-21-10(3)14-18-11(9-23-14)8-19-13(6-16)12(7-17-19)15(20)22-5-2/h7,9-10H,4-5,8H2,1-3H3/t10-/m0/s1. The van der Waals surface area contributed by atoms with Gasteiger partial charge >= 0.3 is 5.97 Å². The van der Waals surface area contributed by atoms with E-state index in [0.717, 1.165) is 10.7 Å². The molecule has 2 rings (SSSR count). The average molecular weight is 334 g/mol. The van der Waals surface area contributed by atoms with Crippen molar-refractivity contribution in [2.45, 2.75) is 33.4 Å². The van der Waals surface area contributed by atoms with Crippen molar-refractivity contribution in [2.75, 3.05) is 13.2 Å². The first-order valence-electron chi connectivity index (χ1n) is 7.29. The number of aromatic nitrogens is 3. The SMILES string of the molecule is CCOC(=O)c1cnn(Cc2csc([C@H](C)OCC)n2)c1C#N. The molecule has 0 amide bonds. The highest BCUT2D eigenvalue weighted by Crippen LogP contribution is 2.22. The number of hydrogen-bond acceptors (Lipinski definition) is 7. The Morgan fingerprint density at radius 3 is 2.91 bits per heavy atom. The van der Waals surface area contributed by atoms with Crippen LogP contribution in [0.2, 0.25) is 0 Å². The maximum atomic E-state index is 11.8. The van der Waals surface area contributed by atoms with Crippen molar-refractivity contribution in [1.82, 2.24) is 14.8 Å². The molecule has 2 aromatic heterocycles. The van der Waals surface area contributed by atoms with E-state index in [-0.39, 0.29) is 24.0 Å². The number of hydrogen-bond donors (Lipinski definition) is 0. The van der Waals surface area contributed by atoms with Crippen molar-refractivity contribution >= 4 is 17.3 Å². The fourth-order valence-corrected chi connectivity index (χ4v) is 2.85. The number of nitriles is 1. The molecule has 0 radical (unpaired) electrons. The van der Waals surface area contributed by atoms with Crippen LogP contribution in [0.25, 0.3) is 0 Å². The third-order valence-corrected chi connectivity index (χ3v) is 4.14. The molecular weight excluding hydrogens is 316 g/mol. The van der Waals surface area contributed by atoms with Crippen LogP contribution in [0.4, 0.5) is 0 Å². The normalized spacial score (nSPS) is 11.9. The van der Waals surface area contributed by atoms with E-state index in [1.54, 1.807) is 6.92 Å². The molecule has 0 saturated heterocycles. The lowest BCUT2D eigenvalue weighted by Crippen LogP contribution is -2.09. The van der Waals surface area contributed by atoms with Gasteiger partial charge in [0.25, 0.3) is 0 Å². The number of ether oxygens (including phenoxy) is 2. The van der Waals surface area contributed by atoms with Crippen LogP contribution in [0, 0.1) is 11.3 Å². The second-order valence-electron chi connectivity index (χ2n) is 4.67. The lowest BCUT2D eigenvalue weighted by molar-refractivity contribution is 0.0526. The molecule has 122 valence electrons. The van der Waals surface area contributed by atoms with E-state index in [9.17, 15) is 10.1 Å². The summed E-state index contributed by atoms with van der Waals surface area (Å²) in [4.78, 5) is 16.3. The molecule has 7 nitrogen and oxygen atoms in total. The van der Waals surface area contributed by atoms with Gasteiger partial charge in [0.2, 0.25) is 0 Å². The molecule has 8 heteroatoms. The Hall–Kier alpha value is -2.24. The van der Waals surface area contributed by atoms with Crippen LogP contribution in [0.15, 0.2) is 11.6 Å². The van der Waals surface area contributed by atoms with Gasteiger partial charge < -0.3 is 9.47 Å². The largest absolute Gasteiger partial charge is 0.462 e. The summed E-state index contributed by atoms with van der Waals surface area (Å²) in [5.41, 5.74) is 1.12. The summed E-state index contributed by atoms with van der Waals surface area (Å²) in [5.74, 6) is -0.542. The molecular formula is C15H18N4O3S. The molecule has 2 aromatic rings. The Balaban J connectivity index is 2.18. The number of rotatable bonds is 7. The lowest BCUT2D eigenvalue weighted by Gasteiger charge is -2.07. The number of nitrogens with zero attached hydrogens (tertiary/aromatic N) is 4. The third-order valence-electron chi connectivity index (χ3n) is 3.09. The molecule has 0 saturated carbocycles. The second-order valence-corrected chi connectivity index (χ2v) is 5.56. The van der Waals surface area contributed by atoms with Gasteiger partial charge in [-0.2, -0.15) is 10.4 Å². The highest BCUT2D eigenvalue weighted by Gasteiger charge is 2.19. The Morgan fingerprint density at radius 1 is 1.48 bits per heavy atom. The Labute approximate surface area is 138 Å². The van der Waals surface area contributed by atoms with Crippen molar-refractivity contribution in [1.29, 1.82) is 5.26 Å². The highest BCUT2D eigenvalue weighted by molar-refractivity contribution is 7.09. The number of esters is 1. The summed E-state index contributed by atoms with van der Waals surface area (Å²) < 4.78 is 11.9. The number of carbonyl (C=O) groups excluding carboxylic acids is 1. The molecule has 0 aliphatic carbocycles. The van der Waals surface area contributed by atoms with Gasteiger partial charge in [0.15, 0.2) is 5.69 Å². The smallest absolute Gasteiger partial charge is 0.342 e. The predicted molar refractivity (Wildman–Crippen MR) is 84.2 cm³/mol. The second kappa shape index (κ2) is 7.85. The van der Waals surface area contributed by atoms with E-state index < -0.39 is 5.97 Å². The highest BCUT2D eigenvalue weighted by atomic mass is 32.1. The van der Waals surface area contributed by atoms with Crippen molar-refractivity contribution in [2.24, 2.45) is 0 Å². The van der Waals surface area contributed by atoms with Crippen molar-refractivity contribution < 1.29 is 14.3 Å². The zero-order valence-electron chi connectivity index (χ0n) is 13.3.